The summed E-state index contributed by atoms with van der Waals surface area (Å²) in [6.45, 7) is 0.282. The van der Waals surface area contributed by atoms with Crippen molar-refractivity contribution in [2.24, 2.45) is 0 Å². The average molecular weight is 315 g/mol. The number of benzene rings is 1. The molecule has 1 N–H and O–H groups in total. The molecule has 6 nitrogen and oxygen atoms in total. The number of nitrogens with one attached hydrogen (secondary N) is 1. The van der Waals surface area contributed by atoms with Gasteiger partial charge in [-0.1, -0.05) is 6.07 Å². The van der Waals surface area contributed by atoms with E-state index in [2.05, 4.69) is 5.32 Å². The minimum absolute atomic E-state index is 0.0879. The molecule has 2 aromatic rings. The van der Waals surface area contributed by atoms with Gasteiger partial charge in [0.05, 0.1) is 0 Å². The molecule has 0 radical (unpaired) electrons. The molecule has 0 spiro atoms. The van der Waals surface area contributed by atoms with Gasteiger partial charge in [0, 0.05) is 18.7 Å². The van der Waals surface area contributed by atoms with Crippen molar-refractivity contribution < 1.29 is 23.5 Å². The van der Waals surface area contributed by atoms with Crippen LogP contribution in [0.3, 0.4) is 0 Å². The predicted molar refractivity (Wildman–Crippen MR) is 81.3 cm³/mol. The molecule has 120 valence electrons. The van der Waals surface area contributed by atoms with Crippen molar-refractivity contribution in [1.29, 1.82) is 0 Å². The van der Waals surface area contributed by atoms with Crippen molar-refractivity contribution >= 4 is 11.9 Å². The Morgan fingerprint density at radius 1 is 1.26 bits per heavy atom. The summed E-state index contributed by atoms with van der Waals surface area (Å²) >= 11 is 0. The van der Waals surface area contributed by atoms with Crippen molar-refractivity contribution in [1.82, 2.24) is 5.32 Å². The summed E-state index contributed by atoms with van der Waals surface area (Å²) in [6, 6.07) is 9.96. The molecular weight excluding hydrogens is 298 g/mol. The molecule has 1 saturated carbocycles. The largest absolute Gasteiger partial charge is 0.452 e. The van der Waals surface area contributed by atoms with Crippen LogP contribution in [-0.2, 0) is 11.3 Å². The maximum atomic E-state index is 12.0. The fourth-order valence-corrected chi connectivity index (χ4v) is 2.06. The van der Waals surface area contributed by atoms with Crippen LogP contribution in [0.15, 0.2) is 40.8 Å². The smallest absolute Gasteiger partial charge is 0.379 e. The molecular formula is C17H17NO5. The fourth-order valence-electron chi connectivity index (χ4n) is 2.06. The standard InChI is InChI=1S/C17H17NO5/c1-21-10-14-7-8-15(22-14)17(20)23-13-4-2-3-11(9-13)16(19)18-12-5-6-12/h2-4,7-9,12H,5-6,10H2,1H3,(H,18,19). The molecule has 0 bridgehead atoms. The molecule has 0 aliphatic heterocycles. The molecule has 1 aromatic carbocycles. The SMILES string of the molecule is COCc1ccc(C(=O)Oc2cccc(C(=O)NC3CC3)c2)o1. The van der Waals surface area contributed by atoms with Crippen LogP contribution in [-0.4, -0.2) is 25.0 Å². The highest BCUT2D eigenvalue weighted by Gasteiger charge is 2.24. The zero-order valence-electron chi connectivity index (χ0n) is 12.7. The quantitative estimate of drug-likeness (QED) is 0.655. The van der Waals surface area contributed by atoms with E-state index in [1.54, 1.807) is 31.4 Å². The lowest BCUT2D eigenvalue weighted by Crippen LogP contribution is -2.25. The Hall–Kier alpha value is -2.60. The topological polar surface area (TPSA) is 77.8 Å². The van der Waals surface area contributed by atoms with Crippen molar-refractivity contribution in [2.45, 2.75) is 25.5 Å². The van der Waals surface area contributed by atoms with E-state index in [4.69, 9.17) is 13.9 Å². The molecule has 1 aliphatic carbocycles. The third kappa shape index (κ3) is 3.98. The van der Waals surface area contributed by atoms with Crippen LogP contribution < -0.4 is 10.1 Å². The molecule has 1 heterocycles. The van der Waals surface area contributed by atoms with Crippen LogP contribution in [0.4, 0.5) is 0 Å². The predicted octanol–water partition coefficient (Wildman–Crippen LogP) is 2.54. The van der Waals surface area contributed by atoms with Crippen LogP contribution in [0.25, 0.3) is 0 Å². The van der Waals surface area contributed by atoms with E-state index in [0.717, 1.165) is 12.8 Å². The van der Waals surface area contributed by atoms with E-state index in [1.165, 1.54) is 12.1 Å². The van der Waals surface area contributed by atoms with Gasteiger partial charge in [0.25, 0.3) is 5.91 Å². The third-order valence-corrected chi connectivity index (χ3v) is 3.37. The Kier molecular flexibility index (Phi) is 4.43. The highest BCUT2D eigenvalue weighted by Crippen LogP contribution is 2.21. The zero-order valence-corrected chi connectivity index (χ0v) is 12.7. The number of carbonyl (C=O) groups excluding carboxylic acids is 2. The molecule has 1 fully saturated rings. The lowest BCUT2D eigenvalue weighted by atomic mass is 10.2. The third-order valence-electron chi connectivity index (χ3n) is 3.37. The van der Waals surface area contributed by atoms with Crippen LogP contribution in [0, 0.1) is 0 Å². The lowest BCUT2D eigenvalue weighted by molar-refractivity contribution is 0.0692. The van der Waals surface area contributed by atoms with Gasteiger partial charge in [-0.05, 0) is 43.2 Å². The number of furan rings is 1. The van der Waals surface area contributed by atoms with Gasteiger partial charge in [-0.15, -0.1) is 0 Å². The van der Waals surface area contributed by atoms with Crippen molar-refractivity contribution in [2.75, 3.05) is 7.11 Å². The average Bonchev–Trinajstić information content (AvgIpc) is 3.23. The van der Waals surface area contributed by atoms with Gasteiger partial charge < -0.3 is 19.2 Å². The lowest BCUT2D eigenvalue weighted by Gasteiger charge is -2.06. The van der Waals surface area contributed by atoms with Gasteiger partial charge in [-0.2, -0.15) is 0 Å². The van der Waals surface area contributed by atoms with Crippen LogP contribution in [0.2, 0.25) is 0 Å². The van der Waals surface area contributed by atoms with Gasteiger partial charge in [0.2, 0.25) is 5.76 Å². The minimum Gasteiger partial charge on any atom is -0.452 e. The van der Waals surface area contributed by atoms with Crippen LogP contribution >= 0.6 is 0 Å². The number of rotatable bonds is 6. The number of hydrogen-bond donors (Lipinski definition) is 1. The number of hydrogen-bond acceptors (Lipinski definition) is 5. The first-order valence-corrected chi connectivity index (χ1v) is 7.36. The Balaban J connectivity index is 1.66. The zero-order chi connectivity index (χ0) is 16.2. The molecule has 0 saturated heterocycles. The number of carbonyl (C=O) groups is 2. The van der Waals surface area contributed by atoms with E-state index in [9.17, 15) is 9.59 Å². The summed E-state index contributed by atoms with van der Waals surface area (Å²) in [4.78, 5) is 24.0. The molecule has 23 heavy (non-hydrogen) atoms. The highest BCUT2D eigenvalue weighted by molar-refractivity contribution is 5.95. The number of esters is 1. The monoisotopic (exact) mass is 315 g/mol. The van der Waals surface area contributed by atoms with E-state index < -0.39 is 5.97 Å². The summed E-state index contributed by atoms with van der Waals surface area (Å²) in [5.41, 5.74) is 0.460. The second-order valence-electron chi connectivity index (χ2n) is 5.36. The number of ether oxygens (including phenoxy) is 2. The van der Waals surface area contributed by atoms with Gasteiger partial charge >= 0.3 is 5.97 Å². The van der Waals surface area contributed by atoms with E-state index >= 15 is 0 Å². The molecule has 0 atom stereocenters. The Labute approximate surface area is 133 Å². The maximum Gasteiger partial charge on any atom is 0.379 e. The fraction of sp³-hybridized carbons (Fsp3) is 0.294. The van der Waals surface area contributed by atoms with Gasteiger partial charge in [0.15, 0.2) is 0 Å². The summed E-state index contributed by atoms with van der Waals surface area (Å²) < 4.78 is 15.5. The van der Waals surface area contributed by atoms with Crippen molar-refractivity contribution in [3.8, 4) is 5.75 Å². The first kappa shape index (κ1) is 15.3. The van der Waals surface area contributed by atoms with Gasteiger partial charge in [0.1, 0.15) is 18.1 Å². The Morgan fingerprint density at radius 2 is 2.09 bits per heavy atom. The minimum atomic E-state index is -0.618. The van der Waals surface area contributed by atoms with E-state index in [0.29, 0.717) is 17.1 Å². The summed E-state index contributed by atoms with van der Waals surface area (Å²) in [5, 5.41) is 2.89. The Morgan fingerprint density at radius 3 is 2.83 bits per heavy atom. The van der Waals surface area contributed by atoms with E-state index in [1.807, 2.05) is 0 Å². The highest BCUT2D eigenvalue weighted by atomic mass is 16.5. The van der Waals surface area contributed by atoms with Crippen LogP contribution in [0.5, 0.6) is 5.75 Å². The number of amides is 1. The molecule has 0 unspecified atom stereocenters. The summed E-state index contributed by atoms with van der Waals surface area (Å²) in [7, 11) is 1.54. The first-order valence-electron chi connectivity index (χ1n) is 7.36. The second kappa shape index (κ2) is 6.66. The van der Waals surface area contributed by atoms with E-state index in [-0.39, 0.29) is 24.3 Å². The summed E-state index contributed by atoms with van der Waals surface area (Å²) in [6.07, 6.45) is 2.03. The molecule has 6 heteroatoms. The first-order chi connectivity index (χ1) is 11.2. The van der Waals surface area contributed by atoms with Crippen molar-refractivity contribution in [3.63, 3.8) is 0 Å². The number of methoxy groups -OCH3 is 1. The molecule has 1 amide bonds. The Bertz CT molecular complexity index is 717. The molecule has 3 rings (SSSR count). The molecule has 1 aromatic heterocycles. The van der Waals surface area contributed by atoms with Crippen LogP contribution in [0.1, 0.15) is 39.5 Å². The van der Waals surface area contributed by atoms with Gasteiger partial charge in [-0.25, -0.2) is 4.79 Å². The normalized spacial score (nSPS) is 13.6. The summed E-state index contributed by atoms with van der Waals surface area (Å²) in [5.74, 6) is 0.142. The molecule has 1 aliphatic rings. The van der Waals surface area contributed by atoms with Gasteiger partial charge in [-0.3, -0.25) is 4.79 Å². The van der Waals surface area contributed by atoms with Crippen molar-refractivity contribution in [3.05, 3.63) is 53.5 Å². The second-order valence-corrected chi connectivity index (χ2v) is 5.36. The maximum absolute atomic E-state index is 12.0.